The molecule has 1 saturated heterocycles. The van der Waals surface area contributed by atoms with Gasteiger partial charge in [-0.3, -0.25) is 4.79 Å². The minimum atomic E-state index is -1.14. The number of ether oxygens (including phenoxy) is 2. The fourth-order valence-electron chi connectivity index (χ4n) is 3.87. The summed E-state index contributed by atoms with van der Waals surface area (Å²) in [5.41, 5.74) is -0.454. The third kappa shape index (κ3) is 7.45. The van der Waals surface area contributed by atoms with Crippen molar-refractivity contribution in [1.82, 2.24) is 4.90 Å². The molecule has 1 N–H and O–H groups in total. The monoisotopic (exact) mass is 441 g/mol. The van der Waals surface area contributed by atoms with Gasteiger partial charge in [-0.05, 0) is 64.2 Å². The zero-order valence-electron chi connectivity index (χ0n) is 18.7. The van der Waals surface area contributed by atoms with Gasteiger partial charge in [0.2, 0.25) is 0 Å². The maximum Gasteiger partial charge on any atom is 0.410 e. The first kappa shape index (κ1) is 25.0. The molecule has 1 heterocycles. The number of rotatable bonds is 9. The lowest BCUT2D eigenvalue weighted by molar-refractivity contribution is -0.150. The van der Waals surface area contributed by atoms with E-state index >= 15 is 0 Å². The topological polar surface area (TPSA) is 76.1 Å². The first-order valence-electron chi connectivity index (χ1n) is 10.8. The number of nitrogens with zero attached hydrogens (tertiary/aromatic N) is 1. The Balaban J connectivity index is 2.32. The second kappa shape index (κ2) is 10.9. The molecule has 0 aromatic heterocycles. The van der Waals surface area contributed by atoms with Crippen LogP contribution < -0.4 is 0 Å². The molecule has 2 rings (SSSR count). The van der Waals surface area contributed by atoms with Gasteiger partial charge < -0.3 is 19.5 Å². The number of carboxylic acids is 1. The van der Waals surface area contributed by atoms with Crippen molar-refractivity contribution in [2.75, 3.05) is 13.2 Å². The number of hydrogen-bond donors (Lipinski definition) is 1. The van der Waals surface area contributed by atoms with Gasteiger partial charge in [0.1, 0.15) is 17.2 Å². The Morgan fingerprint density at radius 1 is 1.23 bits per heavy atom. The molecule has 1 amide bonds. The Morgan fingerprint density at radius 3 is 2.42 bits per heavy atom. The standard InChI is InChI=1S/C23H33F2NO5/c1-5-6-10-30-20(19-8-7-9-26(19)22(29)31-23(2,3)4)18(21(27)28)13-15-11-16(24)14-17(25)12-15/h11-12,14,18-20H,5-10,13H2,1-4H3,(H,27,28)/t18-,19+,20-/m0/s1. The highest BCUT2D eigenvalue weighted by atomic mass is 19.1. The van der Waals surface area contributed by atoms with Gasteiger partial charge in [-0.2, -0.15) is 0 Å². The Bertz CT molecular complexity index is 745. The Labute approximate surface area is 182 Å². The molecule has 6 nitrogen and oxygen atoms in total. The summed E-state index contributed by atoms with van der Waals surface area (Å²) in [6.07, 6.45) is 1.40. The van der Waals surface area contributed by atoms with Crippen LogP contribution in [0.25, 0.3) is 0 Å². The predicted octanol–water partition coefficient (Wildman–Crippen LogP) is 4.79. The molecule has 31 heavy (non-hydrogen) atoms. The number of aliphatic carboxylic acids is 1. The zero-order valence-corrected chi connectivity index (χ0v) is 18.7. The summed E-state index contributed by atoms with van der Waals surface area (Å²) in [7, 11) is 0. The quantitative estimate of drug-likeness (QED) is 0.558. The maximum absolute atomic E-state index is 13.7. The summed E-state index contributed by atoms with van der Waals surface area (Å²) in [4.78, 5) is 26.5. The predicted molar refractivity (Wildman–Crippen MR) is 112 cm³/mol. The van der Waals surface area contributed by atoms with Crippen molar-refractivity contribution >= 4 is 12.1 Å². The second-order valence-corrected chi connectivity index (χ2v) is 9.00. The maximum atomic E-state index is 13.7. The first-order chi connectivity index (χ1) is 14.5. The molecule has 0 spiro atoms. The van der Waals surface area contributed by atoms with Gasteiger partial charge in [0, 0.05) is 19.2 Å². The highest BCUT2D eigenvalue weighted by molar-refractivity contribution is 5.72. The molecule has 0 unspecified atom stereocenters. The van der Waals surface area contributed by atoms with Gasteiger partial charge >= 0.3 is 12.1 Å². The Morgan fingerprint density at radius 2 is 1.87 bits per heavy atom. The van der Waals surface area contributed by atoms with E-state index in [0.717, 1.165) is 31.0 Å². The number of carboxylic acid groups (broad SMARTS) is 1. The van der Waals surface area contributed by atoms with Crippen LogP contribution in [0.4, 0.5) is 13.6 Å². The molecule has 1 aromatic carbocycles. The number of amides is 1. The summed E-state index contributed by atoms with van der Waals surface area (Å²) in [6.45, 7) is 8.07. The fraction of sp³-hybridized carbons (Fsp3) is 0.652. The minimum Gasteiger partial charge on any atom is -0.481 e. The highest BCUT2D eigenvalue weighted by Crippen LogP contribution is 2.30. The minimum absolute atomic E-state index is 0.112. The number of likely N-dealkylation sites (tertiary alicyclic amines) is 1. The van der Waals surface area contributed by atoms with E-state index in [4.69, 9.17) is 9.47 Å². The van der Waals surface area contributed by atoms with Crippen molar-refractivity contribution in [3.63, 3.8) is 0 Å². The molecule has 0 aliphatic carbocycles. The number of carbonyl (C=O) groups excluding carboxylic acids is 1. The van der Waals surface area contributed by atoms with Crippen LogP contribution in [0.3, 0.4) is 0 Å². The van der Waals surface area contributed by atoms with E-state index in [1.807, 2.05) is 6.92 Å². The number of halogens is 2. The van der Waals surface area contributed by atoms with Crippen LogP contribution in [-0.2, 0) is 20.7 Å². The van der Waals surface area contributed by atoms with Crippen molar-refractivity contribution < 1.29 is 33.0 Å². The Kier molecular flexibility index (Phi) is 8.79. The van der Waals surface area contributed by atoms with Crippen LogP contribution in [0.2, 0.25) is 0 Å². The third-order valence-corrected chi connectivity index (χ3v) is 5.21. The van der Waals surface area contributed by atoms with E-state index in [1.54, 1.807) is 20.8 Å². The Hall–Kier alpha value is -2.22. The lowest BCUT2D eigenvalue weighted by atomic mass is 9.88. The number of benzene rings is 1. The van der Waals surface area contributed by atoms with E-state index in [0.29, 0.717) is 26.0 Å². The van der Waals surface area contributed by atoms with Crippen LogP contribution in [0, 0.1) is 17.6 Å². The molecule has 1 fully saturated rings. The number of hydrogen-bond acceptors (Lipinski definition) is 4. The first-order valence-corrected chi connectivity index (χ1v) is 10.8. The molecule has 8 heteroatoms. The summed E-state index contributed by atoms with van der Waals surface area (Å²) in [5.74, 6) is -3.74. The third-order valence-electron chi connectivity index (χ3n) is 5.21. The molecular formula is C23H33F2NO5. The van der Waals surface area contributed by atoms with Crippen LogP contribution >= 0.6 is 0 Å². The summed E-state index contributed by atoms with van der Waals surface area (Å²) in [5, 5.41) is 9.97. The molecule has 0 radical (unpaired) electrons. The fourth-order valence-corrected chi connectivity index (χ4v) is 3.87. The second-order valence-electron chi connectivity index (χ2n) is 9.00. The summed E-state index contributed by atoms with van der Waals surface area (Å²) in [6, 6.07) is 2.51. The average Bonchev–Trinajstić information content (AvgIpc) is 3.11. The highest BCUT2D eigenvalue weighted by Gasteiger charge is 2.43. The largest absolute Gasteiger partial charge is 0.481 e. The molecule has 1 aliphatic heterocycles. The zero-order chi connectivity index (χ0) is 23.2. The van der Waals surface area contributed by atoms with Crippen molar-refractivity contribution in [1.29, 1.82) is 0 Å². The molecule has 0 saturated carbocycles. The number of carbonyl (C=O) groups is 2. The van der Waals surface area contributed by atoms with Gasteiger partial charge in [0.25, 0.3) is 0 Å². The molecule has 1 aromatic rings. The molecular weight excluding hydrogens is 408 g/mol. The summed E-state index contributed by atoms with van der Waals surface area (Å²) < 4.78 is 38.9. The van der Waals surface area contributed by atoms with Crippen molar-refractivity contribution in [2.45, 2.75) is 77.5 Å². The van der Waals surface area contributed by atoms with E-state index in [9.17, 15) is 23.5 Å². The average molecular weight is 442 g/mol. The van der Waals surface area contributed by atoms with E-state index in [-0.39, 0.29) is 12.0 Å². The van der Waals surface area contributed by atoms with Crippen molar-refractivity contribution in [3.8, 4) is 0 Å². The molecule has 0 bridgehead atoms. The number of unbranched alkanes of at least 4 members (excludes halogenated alkanes) is 1. The van der Waals surface area contributed by atoms with Gasteiger partial charge in [-0.15, -0.1) is 0 Å². The van der Waals surface area contributed by atoms with Crippen molar-refractivity contribution in [3.05, 3.63) is 35.4 Å². The normalized spacial score (nSPS) is 18.6. The van der Waals surface area contributed by atoms with E-state index < -0.39 is 47.4 Å². The smallest absolute Gasteiger partial charge is 0.410 e. The van der Waals surface area contributed by atoms with E-state index in [2.05, 4.69) is 0 Å². The lowest BCUT2D eigenvalue weighted by Crippen LogP contribution is -2.50. The lowest BCUT2D eigenvalue weighted by Gasteiger charge is -2.36. The van der Waals surface area contributed by atoms with Crippen LogP contribution in [0.1, 0.15) is 58.9 Å². The van der Waals surface area contributed by atoms with Crippen LogP contribution in [0.5, 0.6) is 0 Å². The summed E-state index contributed by atoms with van der Waals surface area (Å²) >= 11 is 0. The van der Waals surface area contributed by atoms with Gasteiger partial charge in [0.05, 0.1) is 18.1 Å². The van der Waals surface area contributed by atoms with Gasteiger partial charge in [0.15, 0.2) is 0 Å². The van der Waals surface area contributed by atoms with Gasteiger partial charge in [-0.25, -0.2) is 13.6 Å². The van der Waals surface area contributed by atoms with Crippen LogP contribution in [0.15, 0.2) is 18.2 Å². The van der Waals surface area contributed by atoms with E-state index in [1.165, 1.54) is 4.90 Å². The van der Waals surface area contributed by atoms with Gasteiger partial charge in [-0.1, -0.05) is 13.3 Å². The molecule has 174 valence electrons. The SMILES string of the molecule is CCCCO[C@@H]([C@H](Cc1cc(F)cc(F)c1)C(=O)O)[C@H]1CCCN1C(=O)OC(C)(C)C. The van der Waals surface area contributed by atoms with Crippen molar-refractivity contribution in [2.24, 2.45) is 5.92 Å². The van der Waals surface area contributed by atoms with Crippen LogP contribution in [-0.4, -0.2) is 53.0 Å². The molecule has 3 atom stereocenters. The molecule has 1 aliphatic rings.